The van der Waals surface area contributed by atoms with Crippen LogP contribution in [0.2, 0.25) is 0 Å². The summed E-state index contributed by atoms with van der Waals surface area (Å²) in [6, 6.07) is 33.0. The van der Waals surface area contributed by atoms with Crippen molar-refractivity contribution in [3.8, 4) is 5.75 Å². The van der Waals surface area contributed by atoms with Crippen molar-refractivity contribution in [2.24, 2.45) is 5.92 Å². The Hall–Kier alpha value is -3.10. The minimum absolute atomic E-state index is 0.618. The Bertz CT molecular complexity index is 1290. The van der Waals surface area contributed by atoms with E-state index in [9.17, 15) is 0 Å². The first-order chi connectivity index (χ1) is 17.8. The lowest BCUT2D eigenvalue weighted by Gasteiger charge is -2.34. The molecule has 0 radical (unpaired) electrons. The van der Waals surface area contributed by atoms with Crippen molar-refractivity contribution < 1.29 is 4.74 Å². The Morgan fingerprint density at radius 3 is 2.39 bits per heavy atom. The standard InChI is InChI=1S/C34H37NO/c1-2-6-28(7-3-1)30-17-20-35(21-18-30)19-16-26-10-13-33-24-34(15-14-32(33)22-26)36-25-27-11-12-29-8-4-5-9-31(29)23-27/h1-9,11-12,14-15,23-24,26,30H,10,13,16-22,25H2. The average Bonchev–Trinajstić information content (AvgIpc) is 2.95. The van der Waals surface area contributed by atoms with Crippen molar-refractivity contribution in [2.75, 3.05) is 19.6 Å². The molecule has 0 saturated carbocycles. The Morgan fingerprint density at radius 1 is 0.722 bits per heavy atom. The van der Waals surface area contributed by atoms with Crippen molar-refractivity contribution in [3.05, 3.63) is 113 Å². The van der Waals surface area contributed by atoms with Crippen molar-refractivity contribution >= 4 is 10.8 Å². The monoisotopic (exact) mass is 475 g/mol. The number of benzene rings is 4. The van der Waals surface area contributed by atoms with Gasteiger partial charge in [0.15, 0.2) is 0 Å². The number of hydrogen-bond acceptors (Lipinski definition) is 2. The molecular formula is C34H37NO. The number of fused-ring (bicyclic) bond motifs is 2. The molecule has 0 amide bonds. The molecule has 2 heteroatoms. The second-order valence-corrected chi connectivity index (χ2v) is 10.8. The van der Waals surface area contributed by atoms with Crippen LogP contribution in [0.25, 0.3) is 10.8 Å². The maximum absolute atomic E-state index is 6.19. The van der Waals surface area contributed by atoms with Crippen LogP contribution in [0, 0.1) is 5.92 Å². The third-order valence-corrected chi connectivity index (χ3v) is 8.44. The molecule has 4 aromatic rings. The molecule has 4 aromatic carbocycles. The predicted molar refractivity (Wildman–Crippen MR) is 150 cm³/mol. The van der Waals surface area contributed by atoms with Gasteiger partial charge in [0, 0.05) is 0 Å². The van der Waals surface area contributed by atoms with Crippen molar-refractivity contribution in [1.82, 2.24) is 4.90 Å². The molecule has 2 aliphatic rings. The molecule has 184 valence electrons. The van der Waals surface area contributed by atoms with E-state index in [-0.39, 0.29) is 0 Å². The number of piperidine rings is 1. The third-order valence-electron chi connectivity index (χ3n) is 8.44. The maximum Gasteiger partial charge on any atom is 0.120 e. The largest absolute Gasteiger partial charge is 0.489 e. The van der Waals surface area contributed by atoms with Gasteiger partial charge in [-0.25, -0.2) is 0 Å². The van der Waals surface area contributed by atoms with Crippen LogP contribution in [0.5, 0.6) is 5.75 Å². The van der Waals surface area contributed by atoms with Gasteiger partial charge in [0.1, 0.15) is 12.4 Å². The second-order valence-electron chi connectivity index (χ2n) is 10.8. The van der Waals surface area contributed by atoms with Gasteiger partial charge in [-0.2, -0.15) is 0 Å². The van der Waals surface area contributed by atoms with E-state index < -0.39 is 0 Å². The zero-order valence-electron chi connectivity index (χ0n) is 21.2. The summed E-state index contributed by atoms with van der Waals surface area (Å²) in [5, 5.41) is 2.55. The summed E-state index contributed by atoms with van der Waals surface area (Å²) in [7, 11) is 0. The predicted octanol–water partition coefficient (Wildman–Crippen LogP) is 7.79. The van der Waals surface area contributed by atoms with Gasteiger partial charge in [-0.1, -0.05) is 72.8 Å². The summed E-state index contributed by atoms with van der Waals surface area (Å²) >= 11 is 0. The molecule has 1 atom stereocenters. The Kier molecular flexibility index (Phi) is 7.05. The van der Waals surface area contributed by atoms with Gasteiger partial charge in [0.25, 0.3) is 0 Å². The van der Waals surface area contributed by atoms with Crippen LogP contribution in [-0.2, 0) is 19.4 Å². The fourth-order valence-corrected chi connectivity index (χ4v) is 6.22. The molecule has 1 saturated heterocycles. The van der Waals surface area contributed by atoms with Crippen LogP contribution in [0.3, 0.4) is 0 Å². The van der Waals surface area contributed by atoms with Gasteiger partial charge in [-0.3, -0.25) is 0 Å². The minimum Gasteiger partial charge on any atom is -0.489 e. The van der Waals surface area contributed by atoms with Gasteiger partial charge < -0.3 is 9.64 Å². The Labute approximate surface area is 215 Å². The molecule has 0 bridgehead atoms. The molecule has 1 fully saturated rings. The normalized spacial score (nSPS) is 18.7. The van der Waals surface area contributed by atoms with Gasteiger partial charge in [0.2, 0.25) is 0 Å². The molecule has 1 unspecified atom stereocenters. The fourth-order valence-electron chi connectivity index (χ4n) is 6.22. The molecular weight excluding hydrogens is 438 g/mol. The number of likely N-dealkylation sites (tertiary alicyclic amines) is 1. The van der Waals surface area contributed by atoms with Crippen LogP contribution in [-0.4, -0.2) is 24.5 Å². The summed E-state index contributed by atoms with van der Waals surface area (Å²) in [6.07, 6.45) is 7.65. The van der Waals surface area contributed by atoms with Gasteiger partial charge in [0.05, 0.1) is 0 Å². The zero-order valence-corrected chi connectivity index (χ0v) is 21.2. The zero-order chi connectivity index (χ0) is 24.2. The minimum atomic E-state index is 0.618. The first-order valence-electron chi connectivity index (χ1n) is 13.8. The van der Waals surface area contributed by atoms with Crippen molar-refractivity contribution in [1.29, 1.82) is 0 Å². The van der Waals surface area contributed by atoms with Gasteiger partial charge >= 0.3 is 0 Å². The van der Waals surface area contributed by atoms with Crippen LogP contribution in [0.1, 0.15) is 53.9 Å². The fraction of sp³-hybridized carbons (Fsp3) is 0.353. The molecule has 2 nitrogen and oxygen atoms in total. The highest BCUT2D eigenvalue weighted by Gasteiger charge is 2.23. The summed E-state index contributed by atoms with van der Waals surface area (Å²) in [6.45, 7) is 4.38. The van der Waals surface area contributed by atoms with Crippen LogP contribution in [0.4, 0.5) is 0 Å². The highest BCUT2D eigenvalue weighted by molar-refractivity contribution is 5.82. The van der Waals surface area contributed by atoms with E-state index in [0.717, 1.165) is 17.6 Å². The van der Waals surface area contributed by atoms with Gasteiger partial charge in [-0.05, 0) is 121 Å². The number of aryl methyl sites for hydroxylation is 1. The molecule has 0 N–H and O–H groups in total. The summed E-state index contributed by atoms with van der Waals surface area (Å²) in [5.41, 5.74) is 5.78. The Balaban J connectivity index is 0.979. The molecule has 1 aliphatic heterocycles. The third kappa shape index (κ3) is 5.50. The van der Waals surface area contributed by atoms with E-state index in [1.54, 1.807) is 0 Å². The van der Waals surface area contributed by atoms with E-state index in [1.807, 2.05) is 0 Å². The highest BCUT2D eigenvalue weighted by atomic mass is 16.5. The molecule has 1 aliphatic carbocycles. The second kappa shape index (κ2) is 10.9. The first kappa shape index (κ1) is 23.3. The lowest BCUT2D eigenvalue weighted by molar-refractivity contribution is 0.195. The molecule has 0 aromatic heterocycles. The van der Waals surface area contributed by atoms with Crippen LogP contribution >= 0.6 is 0 Å². The van der Waals surface area contributed by atoms with E-state index in [2.05, 4.69) is 95.9 Å². The topological polar surface area (TPSA) is 12.5 Å². The van der Waals surface area contributed by atoms with Crippen LogP contribution < -0.4 is 4.74 Å². The average molecular weight is 476 g/mol. The first-order valence-corrected chi connectivity index (χ1v) is 13.8. The maximum atomic E-state index is 6.19. The van der Waals surface area contributed by atoms with Crippen LogP contribution in [0.15, 0.2) is 91.0 Å². The summed E-state index contributed by atoms with van der Waals surface area (Å²) < 4.78 is 6.19. The number of nitrogens with zero attached hydrogens (tertiary/aromatic N) is 1. The van der Waals surface area contributed by atoms with Crippen molar-refractivity contribution in [2.45, 2.75) is 51.0 Å². The number of ether oxygens (including phenoxy) is 1. The smallest absolute Gasteiger partial charge is 0.120 e. The molecule has 1 heterocycles. The molecule has 36 heavy (non-hydrogen) atoms. The number of hydrogen-bond donors (Lipinski definition) is 0. The Morgan fingerprint density at radius 2 is 1.53 bits per heavy atom. The lowest BCUT2D eigenvalue weighted by atomic mass is 9.82. The van der Waals surface area contributed by atoms with E-state index >= 15 is 0 Å². The number of rotatable bonds is 7. The highest BCUT2D eigenvalue weighted by Crippen LogP contribution is 2.32. The van der Waals surface area contributed by atoms with Crippen molar-refractivity contribution in [3.63, 3.8) is 0 Å². The molecule has 0 spiro atoms. The van der Waals surface area contributed by atoms with E-state index in [4.69, 9.17) is 4.74 Å². The lowest BCUT2D eigenvalue weighted by Crippen LogP contribution is -2.34. The van der Waals surface area contributed by atoms with E-state index in [1.165, 1.54) is 91.2 Å². The quantitative estimate of drug-likeness (QED) is 0.270. The molecule has 6 rings (SSSR count). The summed E-state index contributed by atoms with van der Waals surface area (Å²) in [4.78, 5) is 2.71. The SMILES string of the molecule is c1ccc(C2CCN(CCC3CCc4cc(OCc5ccc6ccccc6c5)ccc4C3)CC2)cc1. The van der Waals surface area contributed by atoms with E-state index in [0.29, 0.717) is 6.61 Å². The summed E-state index contributed by atoms with van der Waals surface area (Å²) in [5.74, 6) is 2.57. The van der Waals surface area contributed by atoms with Gasteiger partial charge in [-0.15, -0.1) is 0 Å².